The normalized spacial score (nSPS) is 23.3. The molecule has 2 aliphatic heterocycles. The minimum atomic E-state index is -0.515. The van der Waals surface area contributed by atoms with Gasteiger partial charge in [-0.25, -0.2) is 0 Å². The Morgan fingerprint density at radius 3 is 2.70 bits per heavy atom. The lowest BCUT2D eigenvalue weighted by Crippen LogP contribution is -2.61. The van der Waals surface area contributed by atoms with Crippen LogP contribution in [0.25, 0.3) is 0 Å². The van der Waals surface area contributed by atoms with Crippen molar-refractivity contribution < 1.29 is 14.3 Å². The van der Waals surface area contributed by atoms with Crippen LogP contribution in [0.4, 0.5) is 0 Å². The van der Waals surface area contributed by atoms with Gasteiger partial charge in [-0.05, 0) is 48.1 Å². The number of rotatable bonds is 7. The van der Waals surface area contributed by atoms with Gasteiger partial charge in [0.1, 0.15) is 17.8 Å². The predicted molar refractivity (Wildman–Crippen MR) is 118 cm³/mol. The second kappa shape index (κ2) is 9.10. The molecular formula is C23H27N3O3S. The fourth-order valence-electron chi connectivity index (χ4n) is 4.19. The quantitative estimate of drug-likeness (QED) is 0.666. The molecule has 7 heteroatoms. The third kappa shape index (κ3) is 4.47. The number of piperazine rings is 1. The predicted octanol–water partition coefficient (Wildman–Crippen LogP) is 2.22. The highest BCUT2D eigenvalue weighted by atomic mass is 32.2. The Hall–Kier alpha value is -2.51. The zero-order valence-corrected chi connectivity index (χ0v) is 18.1. The van der Waals surface area contributed by atoms with Gasteiger partial charge in [-0.15, -0.1) is 11.8 Å². The number of benzene rings is 2. The summed E-state index contributed by atoms with van der Waals surface area (Å²) in [6.45, 7) is 1.29. The summed E-state index contributed by atoms with van der Waals surface area (Å²) in [7, 11) is 1.62. The van der Waals surface area contributed by atoms with E-state index in [0.717, 1.165) is 17.9 Å². The Balaban J connectivity index is 1.37. The topological polar surface area (TPSA) is 70.7 Å². The maximum absolute atomic E-state index is 13.0. The Morgan fingerprint density at radius 1 is 1.17 bits per heavy atom. The van der Waals surface area contributed by atoms with E-state index < -0.39 is 6.04 Å². The first kappa shape index (κ1) is 20.8. The van der Waals surface area contributed by atoms with Gasteiger partial charge < -0.3 is 20.3 Å². The summed E-state index contributed by atoms with van der Waals surface area (Å²) in [6, 6.07) is 15.2. The summed E-state index contributed by atoms with van der Waals surface area (Å²) in [5.41, 5.74) is 2.20. The highest BCUT2D eigenvalue weighted by Gasteiger charge is 2.46. The van der Waals surface area contributed by atoms with E-state index in [-0.39, 0.29) is 23.9 Å². The zero-order valence-electron chi connectivity index (χ0n) is 17.3. The lowest BCUT2D eigenvalue weighted by Gasteiger charge is -2.34. The van der Waals surface area contributed by atoms with E-state index in [1.54, 1.807) is 23.8 Å². The van der Waals surface area contributed by atoms with Gasteiger partial charge >= 0.3 is 0 Å². The Morgan fingerprint density at radius 2 is 1.97 bits per heavy atom. The molecule has 3 atom stereocenters. The smallest absolute Gasteiger partial charge is 0.246 e. The van der Waals surface area contributed by atoms with Gasteiger partial charge in [-0.3, -0.25) is 9.59 Å². The summed E-state index contributed by atoms with van der Waals surface area (Å²) >= 11 is 1.72. The molecule has 2 aromatic carbocycles. The van der Waals surface area contributed by atoms with E-state index in [1.807, 2.05) is 24.3 Å². The molecule has 0 spiro atoms. The number of nitrogens with one attached hydrogen (secondary N) is 2. The molecule has 158 valence electrons. The van der Waals surface area contributed by atoms with Gasteiger partial charge in [0.05, 0.1) is 7.11 Å². The highest BCUT2D eigenvalue weighted by Crippen LogP contribution is 2.25. The molecule has 2 fully saturated rings. The van der Waals surface area contributed by atoms with Gasteiger partial charge in [0, 0.05) is 30.4 Å². The summed E-state index contributed by atoms with van der Waals surface area (Å²) in [4.78, 5) is 28.7. The van der Waals surface area contributed by atoms with Crippen molar-refractivity contribution in [3.8, 4) is 5.75 Å². The van der Waals surface area contributed by atoms with Crippen LogP contribution in [0, 0.1) is 0 Å². The average molecular weight is 426 g/mol. The molecule has 6 nitrogen and oxygen atoms in total. The van der Waals surface area contributed by atoms with Crippen molar-refractivity contribution in [3.05, 3.63) is 59.7 Å². The Labute approximate surface area is 181 Å². The molecule has 2 saturated heterocycles. The first-order chi connectivity index (χ1) is 14.6. The fraction of sp³-hybridized carbons (Fsp3) is 0.391. The first-order valence-electron chi connectivity index (χ1n) is 10.2. The van der Waals surface area contributed by atoms with Crippen molar-refractivity contribution >= 4 is 23.6 Å². The summed E-state index contributed by atoms with van der Waals surface area (Å²) in [5.74, 6) is 0.722. The van der Waals surface area contributed by atoms with E-state index in [4.69, 9.17) is 4.74 Å². The van der Waals surface area contributed by atoms with Crippen LogP contribution in [-0.2, 0) is 22.6 Å². The molecule has 2 heterocycles. The molecular weight excluding hydrogens is 398 g/mol. The number of hydrogen-bond acceptors (Lipinski definition) is 5. The monoisotopic (exact) mass is 425 g/mol. The maximum atomic E-state index is 13.0. The molecule has 0 aromatic heterocycles. The van der Waals surface area contributed by atoms with E-state index in [2.05, 4.69) is 41.2 Å². The van der Waals surface area contributed by atoms with Gasteiger partial charge in [-0.2, -0.15) is 0 Å². The number of ether oxygens (including phenoxy) is 1. The van der Waals surface area contributed by atoms with Gasteiger partial charge in [0.15, 0.2) is 0 Å². The number of hydrogen-bond donors (Lipinski definition) is 2. The molecule has 30 heavy (non-hydrogen) atoms. The average Bonchev–Trinajstić information content (AvgIpc) is 3.22. The van der Waals surface area contributed by atoms with Gasteiger partial charge in [0.2, 0.25) is 11.8 Å². The molecule has 2 aromatic rings. The van der Waals surface area contributed by atoms with E-state index in [9.17, 15) is 9.59 Å². The largest absolute Gasteiger partial charge is 0.497 e. The SMILES string of the molecule is COc1ccc(C[C@@H]2NC(=O)[C@@H]3C[C@H](NCc4cccc(SC)c4)CN3C2=O)cc1. The van der Waals surface area contributed by atoms with Crippen molar-refractivity contribution in [1.29, 1.82) is 0 Å². The summed E-state index contributed by atoms with van der Waals surface area (Å²) in [6.07, 6.45) is 3.19. The third-order valence-corrected chi connectivity index (χ3v) is 6.55. The minimum Gasteiger partial charge on any atom is -0.497 e. The highest BCUT2D eigenvalue weighted by molar-refractivity contribution is 7.98. The molecule has 4 rings (SSSR count). The van der Waals surface area contributed by atoms with Crippen molar-refractivity contribution in [1.82, 2.24) is 15.5 Å². The number of methoxy groups -OCH3 is 1. The van der Waals surface area contributed by atoms with E-state index in [0.29, 0.717) is 19.4 Å². The van der Waals surface area contributed by atoms with Crippen LogP contribution < -0.4 is 15.4 Å². The number of carbonyl (C=O) groups is 2. The van der Waals surface area contributed by atoms with Crippen molar-refractivity contribution in [3.63, 3.8) is 0 Å². The number of fused-ring (bicyclic) bond motifs is 1. The van der Waals surface area contributed by atoms with E-state index >= 15 is 0 Å². The number of nitrogens with zero attached hydrogens (tertiary/aromatic N) is 1. The molecule has 2 N–H and O–H groups in total. The van der Waals surface area contributed by atoms with Crippen LogP contribution in [0.15, 0.2) is 53.4 Å². The van der Waals surface area contributed by atoms with Crippen LogP contribution in [0.3, 0.4) is 0 Å². The summed E-state index contributed by atoms with van der Waals surface area (Å²) < 4.78 is 5.18. The molecule has 0 radical (unpaired) electrons. The molecule has 0 aliphatic carbocycles. The molecule has 0 bridgehead atoms. The van der Waals surface area contributed by atoms with Crippen molar-refractivity contribution in [2.75, 3.05) is 19.9 Å². The second-order valence-corrected chi connectivity index (χ2v) is 8.66. The number of thioether (sulfide) groups is 1. The van der Waals surface area contributed by atoms with Gasteiger partial charge in [-0.1, -0.05) is 24.3 Å². The van der Waals surface area contributed by atoms with Crippen molar-refractivity contribution in [2.24, 2.45) is 0 Å². The summed E-state index contributed by atoms with van der Waals surface area (Å²) in [5, 5.41) is 6.46. The van der Waals surface area contributed by atoms with Crippen LogP contribution in [0.1, 0.15) is 17.5 Å². The molecule has 2 amide bonds. The van der Waals surface area contributed by atoms with Crippen LogP contribution in [-0.4, -0.2) is 54.8 Å². The fourth-order valence-corrected chi connectivity index (χ4v) is 4.67. The van der Waals surface area contributed by atoms with Crippen LogP contribution in [0.2, 0.25) is 0 Å². The lowest BCUT2D eigenvalue weighted by molar-refractivity contribution is -0.147. The maximum Gasteiger partial charge on any atom is 0.246 e. The number of amides is 2. The third-order valence-electron chi connectivity index (χ3n) is 5.83. The second-order valence-electron chi connectivity index (χ2n) is 7.78. The molecule has 0 unspecified atom stereocenters. The lowest BCUT2D eigenvalue weighted by atomic mass is 10.0. The van der Waals surface area contributed by atoms with Crippen LogP contribution in [0.5, 0.6) is 5.75 Å². The zero-order chi connectivity index (χ0) is 21.1. The minimum absolute atomic E-state index is 0.00379. The van der Waals surface area contributed by atoms with Gasteiger partial charge in [0.25, 0.3) is 0 Å². The Bertz CT molecular complexity index is 918. The number of carbonyl (C=O) groups excluding carboxylic acids is 2. The molecule has 2 aliphatic rings. The molecule has 0 saturated carbocycles. The first-order valence-corrected chi connectivity index (χ1v) is 11.4. The van der Waals surface area contributed by atoms with Crippen LogP contribution >= 0.6 is 11.8 Å². The van der Waals surface area contributed by atoms with E-state index in [1.165, 1.54) is 10.5 Å². The standard InChI is InChI=1S/C23H27N3O3S/c1-29-18-8-6-15(7-9-18)11-20-23(28)26-14-17(12-21(26)22(27)25-20)24-13-16-4-3-5-19(10-16)30-2/h3-10,17,20-21,24H,11-14H2,1-2H3,(H,25,27)/t17-,20-,21-/m0/s1. The van der Waals surface area contributed by atoms with Crippen molar-refractivity contribution in [2.45, 2.75) is 42.4 Å². The Kier molecular flexibility index (Phi) is 6.29.